The molecule has 1 atom stereocenters. The Labute approximate surface area is 107 Å². The molecule has 4 nitrogen and oxygen atoms in total. The summed E-state index contributed by atoms with van der Waals surface area (Å²) < 4.78 is 0. The molecular weight excluding hydrogens is 212 g/mol. The van der Waals surface area contributed by atoms with Crippen LogP contribution >= 0.6 is 0 Å². The normalized spacial score (nSPS) is 11.8. The maximum absolute atomic E-state index is 5.53. The molecule has 17 heavy (non-hydrogen) atoms. The Balaban J connectivity index is 0. The molecule has 0 aromatic heterocycles. The van der Waals surface area contributed by atoms with Crippen LogP contribution in [0.3, 0.4) is 0 Å². The highest BCUT2D eigenvalue weighted by atomic mass is 14.7. The van der Waals surface area contributed by atoms with E-state index in [0.29, 0.717) is 6.54 Å². The largest absolute Gasteiger partial charge is 0.330 e. The van der Waals surface area contributed by atoms with Crippen LogP contribution in [0.4, 0.5) is 0 Å². The lowest BCUT2D eigenvalue weighted by Crippen LogP contribution is -2.29. The average molecular weight is 246 g/mol. The van der Waals surface area contributed by atoms with E-state index in [9.17, 15) is 0 Å². The van der Waals surface area contributed by atoms with Crippen LogP contribution in [0.25, 0.3) is 0 Å². The zero-order valence-electron chi connectivity index (χ0n) is 11.7. The molecule has 0 amide bonds. The van der Waals surface area contributed by atoms with Gasteiger partial charge in [0.05, 0.1) is 0 Å². The van der Waals surface area contributed by atoms with E-state index in [0.717, 1.165) is 19.5 Å². The van der Waals surface area contributed by atoms with Crippen LogP contribution in [0.15, 0.2) is 0 Å². The summed E-state index contributed by atoms with van der Waals surface area (Å²) in [5.41, 5.74) is 21.5. The third-order valence-electron chi connectivity index (χ3n) is 2.64. The first kappa shape index (κ1) is 19.2. The molecule has 0 fully saturated rings. The Kier molecular flexibility index (Phi) is 20.6. The Hall–Kier alpha value is -0.160. The summed E-state index contributed by atoms with van der Waals surface area (Å²) in [6.07, 6.45) is 9.69. The van der Waals surface area contributed by atoms with Crippen molar-refractivity contribution in [2.75, 3.05) is 19.6 Å². The van der Waals surface area contributed by atoms with E-state index in [1.165, 1.54) is 44.9 Å². The van der Waals surface area contributed by atoms with Gasteiger partial charge in [-0.15, -0.1) is 0 Å². The number of hydrogen-bond acceptors (Lipinski definition) is 4. The molecule has 106 valence electrons. The molecule has 0 spiro atoms. The van der Waals surface area contributed by atoms with Crippen molar-refractivity contribution in [1.29, 1.82) is 0 Å². The van der Waals surface area contributed by atoms with E-state index < -0.39 is 0 Å². The van der Waals surface area contributed by atoms with Gasteiger partial charge in [-0.1, -0.05) is 39.0 Å². The zero-order chi connectivity index (χ0) is 13.4. The van der Waals surface area contributed by atoms with Crippen molar-refractivity contribution in [2.45, 2.75) is 64.3 Å². The minimum absolute atomic E-state index is 0.231. The molecule has 0 heterocycles. The van der Waals surface area contributed by atoms with Gasteiger partial charge in [-0.05, 0) is 32.4 Å². The van der Waals surface area contributed by atoms with Crippen LogP contribution in [0.5, 0.6) is 0 Å². The summed E-state index contributed by atoms with van der Waals surface area (Å²) in [4.78, 5) is 0. The van der Waals surface area contributed by atoms with Gasteiger partial charge >= 0.3 is 0 Å². The van der Waals surface area contributed by atoms with Crippen molar-refractivity contribution in [1.82, 2.24) is 0 Å². The molecule has 0 bridgehead atoms. The fourth-order valence-corrected chi connectivity index (χ4v) is 1.40. The quantitative estimate of drug-likeness (QED) is 0.436. The molecule has 0 saturated heterocycles. The highest BCUT2D eigenvalue weighted by molar-refractivity contribution is 4.59. The minimum Gasteiger partial charge on any atom is -0.330 e. The number of hydrogen-bond donors (Lipinski definition) is 4. The molecule has 0 aromatic rings. The van der Waals surface area contributed by atoms with E-state index in [1.54, 1.807) is 0 Å². The first-order valence-corrected chi connectivity index (χ1v) is 7.08. The van der Waals surface area contributed by atoms with Crippen molar-refractivity contribution in [3.05, 3.63) is 0 Å². The molecule has 0 aromatic carbocycles. The Bertz CT molecular complexity index is 114. The smallest absolute Gasteiger partial charge is 0.0163 e. The van der Waals surface area contributed by atoms with Gasteiger partial charge in [0, 0.05) is 12.6 Å². The van der Waals surface area contributed by atoms with Gasteiger partial charge in [0.1, 0.15) is 0 Å². The zero-order valence-corrected chi connectivity index (χ0v) is 11.7. The van der Waals surface area contributed by atoms with E-state index in [4.69, 9.17) is 22.9 Å². The topological polar surface area (TPSA) is 104 Å². The lowest BCUT2D eigenvalue weighted by molar-refractivity contribution is 0.584. The van der Waals surface area contributed by atoms with Crippen LogP contribution < -0.4 is 22.9 Å². The summed E-state index contributed by atoms with van der Waals surface area (Å²) in [5.74, 6) is 0. The fourth-order valence-electron chi connectivity index (χ4n) is 1.40. The van der Waals surface area contributed by atoms with Crippen molar-refractivity contribution < 1.29 is 0 Å². The van der Waals surface area contributed by atoms with Gasteiger partial charge in [0.25, 0.3) is 0 Å². The molecule has 0 aliphatic heterocycles. The first-order valence-electron chi connectivity index (χ1n) is 7.08. The van der Waals surface area contributed by atoms with Gasteiger partial charge in [0.2, 0.25) is 0 Å². The highest BCUT2D eigenvalue weighted by Gasteiger charge is 1.95. The predicted molar refractivity (Wildman–Crippen MR) is 77.7 cm³/mol. The fraction of sp³-hybridized carbons (Fsp3) is 1.00. The van der Waals surface area contributed by atoms with Crippen LogP contribution in [-0.2, 0) is 0 Å². The monoisotopic (exact) mass is 246 g/mol. The van der Waals surface area contributed by atoms with Gasteiger partial charge < -0.3 is 22.9 Å². The molecular formula is C13H34N4. The van der Waals surface area contributed by atoms with Crippen molar-refractivity contribution in [3.8, 4) is 0 Å². The van der Waals surface area contributed by atoms with E-state index in [-0.39, 0.29) is 6.04 Å². The van der Waals surface area contributed by atoms with Crippen LogP contribution in [0.1, 0.15) is 58.3 Å². The van der Waals surface area contributed by atoms with Gasteiger partial charge in [-0.3, -0.25) is 0 Å². The van der Waals surface area contributed by atoms with Gasteiger partial charge in [-0.25, -0.2) is 0 Å². The summed E-state index contributed by atoms with van der Waals surface area (Å²) >= 11 is 0. The lowest BCUT2D eigenvalue weighted by atomic mass is 10.1. The van der Waals surface area contributed by atoms with E-state index in [1.807, 2.05) is 0 Å². The Morgan fingerprint density at radius 1 is 0.765 bits per heavy atom. The number of unbranched alkanes of at least 4 members (excludes halogenated alkanes) is 5. The maximum Gasteiger partial charge on any atom is 0.0163 e. The van der Waals surface area contributed by atoms with E-state index in [2.05, 4.69) is 6.92 Å². The second kappa shape index (κ2) is 18.2. The summed E-state index contributed by atoms with van der Waals surface area (Å²) in [5, 5.41) is 0. The standard InChI is InChI=1S/C7H18N2.C6H16N2/c8-6-4-2-1-3-5-7-9;1-2-3-4-6(8)5-7/h1-9H2;6H,2-5,7-8H2,1H3. The third kappa shape index (κ3) is 21.6. The number of rotatable bonds is 10. The second-order valence-corrected chi connectivity index (χ2v) is 4.48. The van der Waals surface area contributed by atoms with E-state index >= 15 is 0 Å². The van der Waals surface area contributed by atoms with Crippen LogP contribution in [-0.4, -0.2) is 25.7 Å². The molecule has 4 heteroatoms. The minimum atomic E-state index is 0.231. The molecule has 0 rings (SSSR count). The van der Waals surface area contributed by atoms with Crippen LogP contribution in [0, 0.1) is 0 Å². The Morgan fingerprint density at radius 2 is 1.24 bits per heavy atom. The first-order chi connectivity index (χ1) is 8.22. The van der Waals surface area contributed by atoms with Crippen molar-refractivity contribution in [2.24, 2.45) is 22.9 Å². The average Bonchev–Trinajstić information content (AvgIpc) is 2.36. The molecule has 0 radical (unpaired) electrons. The van der Waals surface area contributed by atoms with Gasteiger partial charge in [0.15, 0.2) is 0 Å². The van der Waals surface area contributed by atoms with Crippen molar-refractivity contribution in [3.63, 3.8) is 0 Å². The molecule has 1 unspecified atom stereocenters. The summed E-state index contributed by atoms with van der Waals surface area (Å²) in [6.45, 7) is 4.45. The predicted octanol–water partition coefficient (Wildman–Crippen LogP) is 1.32. The lowest BCUT2D eigenvalue weighted by Gasteiger charge is -2.04. The third-order valence-corrected chi connectivity index (χ3v) is 2.64. The van der Waals surface area contributed by atoms with Crippen molar-refractivity contribution >= 4 is 0 Å². The molecule has 8 N–H and O–H groups in total. The second-order valence-electron chi connectivity index (χ2n) is 4.48. The molecule has 0 aliphatic carbocycles. The Morgan fingerprint density at radius 3 is 1.59 bits per heavy atom. The summed E-state index contributed by atoms with van der Waals surface area (Å²) in [6, 6.07) is 0.231. The maximum atomic E-state index is 5.53. The SMILES string of the molecule is CCCCC(N)CN.NCCCCCCCN. The summed E-state index contributed by atoms with van der Waals surface area (Å²) in [7, 11) is 0. The highest BCUT2D eigenvalue weighted by Crippen LogP contribution is 2.00. The number of nitrogens with two attached hydrogens (primary N) is 4. The molecule has 0 aliphatic rings. The molecule has 0 saturated carbocycles. The van der Waals surface area contributed by atoms with Crippen LogP contribution in [0.2, 0.25) is 0 Å². The van der Waals surface area contributed by atoms with Gasteiger partial charge in [-0.2, -0.15) is 0 Å².